The molecule has 2 aliphatic rings. The fourth-order valence-corrected chi connectivity index (χ4v) is 3.35. The van der Waals surface area contributed by atoms with Crippen LogP contribution in [0, 0.1) is 5.41 Å². The monoisotopic (exact) mass is 238 g/mol. The second kappa shape index (κ2) is 5.71. The van der Waals surface area contributed by atoms with Gasteiger partial charge < -0.3 is 10.2 Å². The predicted molar refractivity (Wildman–Crippen MR) is 74.3 cm³/mol. The van der Waals surface area contributed by atoms with Crippen LogP contribution in [0.15, 0.2) is 0 Å². The van der Waals surface area contributed by atoms with Crippen LogP contribution in [-0.4, -0.2) is 36.6 Å². The highest BCUT2D eigenvalue weighted by Crippen LogP contribution is 2.41. The van der Waals surface area contributed by atoms with E-state index < -0.39 is 0 Å². The Morgan fingerprint density at radius 2 is 1.94 bits per heavy atom. The quantitative estimate of drug-likeness (QED) is 0.813. The second-order valence-corrected chi connectivity index (χ2v) is 6.69. The smallest absolute Gasteiger partial charge is 0.00790 e. The summed E-state index contributed by atoms with van der Waals surface area (Å²) in [5.41, 5.74) is 0.650. The molecule has 0 spiro atoms. The summed E-state index contributed by atoms with van der Waals surface area (Å²) >= 11 is 0. The lowest BCUT2D eigenvalue weighted by atomic mass is 9.70. The van der Waals surface area contributed by atoms with Crippen LogP contribution in [0.2, 0.25) is 0 Å². The molecule has 17 heavy (non-hydrogen) atoms. The van der Waals surface area contributed by atoms with Gasteiger partial charge in [0.05, 0.1) is 0 Å². The third-order valence-corrected chi connectivity index (χ3v) is 4.85. The maximum absolute atomic E-state index is 3.75. The summed E-state index contributed by atoms with van der Waals surface area (Å²) in [6.07, 6.45) is 8.28. The average Bonchev–Trinajstić information content (AvgIpc) is 2.26. The average molecular weight is 238 g/mol. The molecule has 0 radical (unpaired) electrons. The molecule has 0 amide bonds. The first-order valence-electron chi connectivity index (χ1n) is 7.60. The van der Waals surface area contributed by atoms with Crippen LogP contribution in [0.25, 0.3) is 0 Å². The molecule has 0 aromatic rings. The van der Waals surface area contributed by atoms with E-state index in [0.717, 1.165) is 6.04 Å². The Kier molecular flexibility index (Phi) is 4.48. The fraction of sp³-hybridized carbons (Fsp3) is 1.00. The Hall–Kier alpha value is -0.0800. The Morgan fingerprint density at radius 3 is 2.53 bits per heavy atom. The van der Waals surface area contributed by atoms with E-state index in [1.54, 1.807) is 0 Å². The highest BCUT2D eigenvalue weighted by Gasteiger charge is 2.33. The summed E-state index contributed by atoms with van der Waals surface area (Å²) in [7, 11) is 0. The van der Waals surface area contributed by atoms with Crippen LogP contribution >= 0.6 is 0 Å². The van der Waals surface area contributed by atoms with Crippen molar-refractivity contribution in [2.45, 2.75) is 71.4 Å². The lowest BCUT2D eigenvalue weighted by Gasteiger charge is -2.43. The molecule has 1 heterocycles. The minimum absolute atomic E-state index is 0.650. The molecular formula is C15H30N2. The molecule has 2 heteroatoms. The number of rotatable bonds is 3. The van der Waals surface area contributed by atoms with Gasteiger partial charge in [0.1, 0.15) is 0 Å². The van der Waals surface area contributed by atoms with Gasteiger partial charge in [0.25, 0.3) is 0 Å². The summed E-state index contributed by atoms with van der Waals surface area (Å²) in [5, 5.41) is 3.75. The molecule has 0 bridgehead atoms. The van der Waals surface area contributed by atoms with Gasteiger partial charge in [-0.05, 0) is 57.5 Å². The van der Waals surface area contributed by atoms with Crippen LogP contribution in [0.3, 0.4) is 0 Å². The zero-order valence-electron chi connectivity index (χ0n) is 12.0. The van der Waals surface area contributed by atoms with Crippen LogP contribution < -0.4 is 5.32 Å². The highest BCUT2D eigenvalue weighted by molar-refractivity contribution is 4.87. The first-order chi connectivity index (χ1) is 8.11. The lowest BCUT2D eigenvalue weighted by Crippen LogP contribution is -2.47. The number of hydrogen-bond acceptors (Lipinski definition) is 2. The Morgan fingerprint density at radius 1 is 1.24 bits per heavy atom. The normalized spacial score (nSPS) is 34.8. The van der Waals surface area contributed by atoms with E-state index in [1.165, 1.54) is 58.2 Å². The van der Waals surface area contributed by atoms with Gasteiger partial charge in [-0.1, -0.05) is 20.3 Å². The van der Waals surface area contributed by atoms with Crippen molar-refractivity contribution in [3.8, 4) is 0 Å². The number of nitrogens with one attached hydrogen (secondary N) is 1. The number of nitrogens with zero attached hydrogens (tertiary/aromatic N) is 1. The summed E-state index contributed by atoms with van der Waals surface area (Å²) in [4.78, 5) is 2.74. The molecule has 2 unspecified atom stereocenters. The van der Waals surface area contributed by atoms with E-state index in [4.69, 9.17) is 0 Å². The maximum atomic E-state index is 3.75. The van der Waals surface area contributed by atoms with Crippen LogP contribution in [0.5, 0.6) is 0 Å². The molecule has 2 fully saturated rings. The van der Waals surface area contributed by atoms with Gasteiger partial charge in [0, 0.05) is 18.6 Å². The van der Waals surface area contributed by atoms with E-state index >= 15 is 0 Å². The Balaban J connectivity index is 1.84. The summed E-state index contributed by atoms with van der Waals surface area (Å²) in [6.45, 7) is 11.1. The molecule has 1 saturated heterocycles. The van der Waals surface area contributed by atoms with Crippen LogP contribution in [0.4, 0.5) is 0 Å². The van der Waals surface area contributed by atoms with Gasteiger partial charge in [-0.2, -0.15) is 0 Å². The molecule has 2 atom stereocenters. The van der Waals surface area contributed by atoms with E-state index in [9.17, 15) is 0 Å². The highest BCUT2D eigenvalue weighted by atomic mass is 15.1. The van der Waals surface area contributed by atoms with E-state index in [-0.39, 0.29) is 0 Å². The zero-order chi connectivity index (χ0) is 12.3. The molecule has 0 aromatic heterocycles. The molecule has 1 N–H and O–H groups in total. The summed E-state index contributed by atoms with van der Waals surface area (Å²) < 4.78 is 0. The van der Waals surface area contributed by atoms with Crippen molar-refractivity contribution in [2.75, 3.05) is 19.6 Å². The molecular weight excluding hydrogens is 208 g/mol. The van der Waals surface area contributed by atoms with Crippen molar-refractivity contribution >= 4 is 0 Å². The largest absolute Gasteiger partial charge is 0.311 e. The van der Waals surface area contributed by atoms with Crippen molar-refractivity contribution in [3.05, 3.63) is 0 Å². The Labute approximate surface area is 107 Å². The van der Waals surface area contributed by atoms with Gasteiger partial charge in [-0.15, -0.1) is 0 Å². The SMILES string of the molecule is CCC1CCN(CC2(C)CCC2)CCC(C)N1. The predicted octanol–water partition coefficient (Wildman–Crippen LogP) is 3.03. The van der Waals surface area contributed by atoms with Gasteiger partial charge in [0.15, 0.2) is 0 Å². The van der Waals surface area contributed by atoms with Crippen LogP contribution in [-0.2, 0) is 0 Å². The van der Waals surface area contributed by atoms with Gasteiger partial charge >= 0.3 is 0 Å². The van der Waals surface area contributed by atoms with Gasteiger partial charge in [-0.25, -0.2) is 0 Å². The van der Waals surface area contributed by atoms with Crippen molar-refractivity contribution < 1.29 is 0 Å². The minimum atomic E-state index is 0.650. The van der Waals surface area contributed by atoms with Crippen molar-refractivity contribution in [1.82, 2.24) is 10.2 Å². The maximum Gasteiger partial charge on any atom is 0.00790 e. The minimum Gasteiger partial charge on any atom is -0.311 e. The van der Waals surface area contributed by atoms with Crippen molar-refractivity contribution in [2.24, 2.45) is 5.41 Å². The van der Waals surface area contributed by atoms with E-state index in [0.29, 0.717) is 11.5 Å². The first-order valence-corrected chi connectivity index (χ1v) is 7.60. The molecule has 0 aromatic carbocycles. The van der Waals surface area contributed by atoms with E-state index in [2.05, 4.69) is 31.0 Å². The third kappa shape index (κ3) is 3.69. The second-order valence-electron chi connectivity index (χ2n) is 6.69. The summed E-state index contributed by atoms with van der Waals surface area (Å²) in [5.74, 6) is 0. The zero-order valence-corrected chi connectivity index (χ0v) is 12.0. The van der Waals surface area contributed by atoms with Crippen molar-refractivity contribution in [1.29, 1.82) is 0 Å². The van der Waals surface area contributed by atoms with Gasteiger partial charge in [0.2, 0.25) is 0 Å². The van der Waals surface area contributed by atoms with Crippen LogP contribution in [0.1, 0.15) is 59.3 Å². The molecule has 2 nitrogen and oxygen atoms in total. The molecule has 2 rings (SSSR count). The number of hydrogen-bond donors (Lipinski definition) is 1. The fourth-order valence-electron chi connectivity index (χ4n) is 3.35. The Bertz CT molecular complexity index is 235. The molecule has 1 aliphatic heterocycles. The van der Waals surface area contributed by atoms with E-state index in [1.807, 2.05) is 0 Å². The van der Waals surface area contributed by atoms with Gasteiger partial charge in [-0.3, -0.25) is 0 Å². The summed E-state index contributed by atoms with van der Waals surface area (Å²) in [6, 6.07) is 1.43. The third-order valence-electron chi connectivity index (χ3n) is 4.85. The molecule has 1 aliphatic carbocycles. The topological polar surface area (TPSA) is 15.3 Å². The first kappa shape index (κ1) is 13.4. The van der Waals surface area contributed by atoms with Crippen molar-refractivity contribution in [3.63, 3.8) is 0 Å². The molecule has 1 saturated carbocycles. The lowest BCUT2D eigenvalue weighted by molar-refractivity contribution is 0.0752. The molecule has 100 valence electrons. The standard InChI is InChI=1S/C15H30N2/c1-4-14-7-11-17(10-6-13(2)16-14)12-15(3)8-5-9-15/h13-14,16H,4-12H2,1-3H3.